The summed E-state index contributed by atoms with van der Waals surface area (Å²) in [7, 11) is 0. The SMILES string of the molecule is CC[C@@H]1C[C@H](OC(=O)c2cccc(O)c2)[C@@H]2CC[C@H]([C@H](C)CCCC(C)C)[C@@]2(C)C1. The van der Waals surface area contributed by atoms with Crippen molar-refractivity contribution in [3.8, 4) is 5.75 Å². The molecule has 6 atom stereocenters. The van der Waals surface area contributed by atoms with Crippen LogP contribution < -0.4 is 0 Å². The highest BCUT2D eigenvalue weighted by molar-refractivity contribution is 5.90. The van der Waals surface area contributed by atoms with E-state index in [1.54, 1.807) is 18.2 Å². The van der Waals surface area contributed by atoms with E-state index in [2.05, 4.69) is 34.6 Å². The lowest BCUT2D eigenvalue weighted by atomic mass is 9.58. The molecule has 1 aromatic rings. The maximum Gasteiger partial charge on any atom is 0.338 e. The molecule has 0 radical (unpaired) electrons. The van der Waals surface area contributed by atoms with Gasteiger partial charge in [-0.2, -0.15) is 0 Å². The average Bonchev–Trinajstić information content (AvgIpc) is 3.04. The number of esters is 1. The summed E-state index contributed by atoms with van der Waals surface area (Å²) in [5.41, 5.74) is 0.715. The molecular weight excluding hydrogens is 372 g/mol. The normalized spacial score (nSPS) is 32.1. The number of phenolic OH excluding ortho intramolecular Hbond substituents is 1. The van der Waals surface area contributed by atoms with Gasteiger partial charge in [0.1, 0.15) is 11.9 Å². The molecule has 0 spiro atoms. The molecule has 2 aliphatic carbocycles. The molecule has 1 N–H and O–H groups in total. The minimum absolute atomic E-state index is 0.00332. The first kappa shape index (κ1) is 23.2. The fraction of sp³-hybridized carbons (Fsp3) is 0.741. The Hall–Kier alpha value is -1.51. The first-order valence-electron chi connectivity index (χ1n) is 12.2. The molecule has 0 aliphatic heterocycles. The van der Waals surface area contributed by atoms with Crippen LogP contribution in [0, 0.1) is 35.0 Å². The lowest BCUT2D eigenvalue weighted by Crippen LogP contribution is -2.46. The summed E-state index contributed by atoms with van der Waals surface area (Å²) in [5, 5.41) is 9.73. The molecule has 2 saturated carbocycles. The molecule has 0 aromatic heterocycles. The Morgan fingerprint density at radius 3 is 2.67 bits per heavy atom. The van der Waals surface area contributed by atoms with Crippen molar-refractivity contribution >= 4 is 5.97 Å². The number of hydrogen-bond donors (Lipinski definition) is 1. The molecule has 3 nitrogen and oxygen atoms in total. The van der Waals surface area contributed by atoms with Crippen LogP contribution in [0.2, 0.25) is 0 Å². The number of fused-ring (bicyclic) bond motifs is 1. The Kier molecular flexibility index (Phi) is 7.52. The zero-order valence-corrected chi connectivity index (χ0v) is 19.7. The highest BCUT2D eigenvalue weighted by Crippen LogP contribution is 2.60. The molecule has 2 fully saturated rings. The van der Waals surface area contributed by atoms with Crippen LogP contribution in [0.5, 0.6) is 5.75 Å². The van der Waals surface area contributed by atoms with Gasteiger partial charge < -0.3 is 9.84 Å². The summed E-state index contributed by atoms with van der Waals surface area (Å²) >= 11 is 0. The highest BCUT2D eigenvalue weighted by atomic mass is 16.5. The molecule has 0 saturated heterocycles. The van der Waals surface area contributed by atoms with Crippen LogP contribution in [-0.4, -0.2) is 17.2 Å². The number of carbonyl (C=O) groups excluding carboxylic acids is 1. The van der Waals surface area contributed by atoms with Gasteiger partial charge in [-0.05, 0) is 73.0 Å². The van der Waals surface area contributed by atoms with Gasteiger partial charge >= 0.3 is 5.97 Å². The van der Waals surface area contributed by atoms with E-state index in [1.165, 1.54) is 44.6 Å². The summed E-state index contributed by atoms with van der Waals surface area (Å²) in [6.07, 6.45) is 9.79. The predicted molar refractivity (Wildman–Crippen MR) is 122 cm³/mol. The third-order valence-electron chi connectivity index (χ3n) is 8.27. The van der Waals surface area contributed by atoms with Crippen molar-refractivity contribution in [3.63, 3.8) is 0 Å². The molecule has 3 rings (SSSR count). The number of benzene rings is 1. The molecule has 0 amide bonds. The Bertz CT molecular complexity index is 712. The largest absolute Gasteiger partial charge is 0.508 e. The maximum absolute atomic E-state index is 12.8. The van der Waals surface area contributed by atoms with Crippen molar-refractivity contribution in [1.29, 1.82) is 0 Å². The number of hydrogen-bond acceptors (Lipinski definition) is 3. The summed E-state index contributed by atoms with van der Waals surface area (Å²) in [6, 6.07) is 6.53. The van der Waals surface area contributed by atoms with E-state index in [0.29, 0.717) is 17.4 Å². The molecule has 3 heteroatoms. The minimum atomic E-state index is -0.288. The average molecular weight is 415 g/mol. The Morgan fingerprint density at radius 2 is 2.00 bits per heavy atom. The smallest absolute Gasteiger partial charge is 0.338 e. The Labute approximate surface area is 183 Å². The van der Waals surface area contributed by atoms with E-state index in [-0.39, 0.29) is 23.2 Å². The second-order valence-corrected chi connectivity index (χ2v) is 10.8. The number of aromatic hydroxyl groups is 1. The van der Waals surface area contributed by atoms with Gasteiger partial charge in [-0.3, -0.25) is 0 Å². The van der Waals surface area contributed by atoms with Crippen LogP contribution >= 0.6 is 0 Å². The third kappa shape index (κ3) is 5.03. The van der Waals surface area contributed by atoms with Crippen molar-refractivity contribution in [3.05, 3.63) is 29.8 Å². The van der Waals surface area contributed by atoms with Crippen molar-refractivity contribution in [2.45, 2.75) is 92.1 Å². The van der Waals surface area contributed by atoms with Gasteiger partial charge in [0, 0.05) is 5.92 Å². The minimum Gasteiger partial charge on any atom is -0.508 e. The molecule has 2 aliphatic rings. The van der Waals surface area contributed by atoms with Gasteiger partial charge in [-0.25, -0.2) is 4.79 Å². The molecule has 0 bridgehead atoms. The maximum atomic E-state index is 12.8. The number of ether oxygens (including phenoxy) is 1. The van der Waals surface area contributed by atoms with E-state index in [0.717, 1.165) is 30.6 Å². The first-order valence-corrected chi connectivity index (χ1v) is 12.2. The molecule has 0 heterocycles. The monoisotopic (exact) mass is 414 g/mol. The van der Waals surface area contributed by atoms with Gasteiger partial charge in [0.2, 0.25) is 0 Å². The lowest BCUT2D eigenvalue weighted by Gasteiger charge is -2.49. The molecule has 0 unspecified atom stereocenters. The number of carbonyl (C=O) groups is 1. The Balaban J connectivity index is 1.73. The van der Waals surface area contributed by atoms with Crippen LogP contribution in [0.15, 0.2) is 24.3 Å². The van der Waals surface area contributed by atoms with Gasteiger partial charge in [-0.15, -0.1) is 0 Å². The van der Waals surface area contributed by atoms with E-state index in [1.807, 2.05) is 0 Å². The van der Waals surface area contributed by atoms with Crippen LogP contribution in [-0.2, 0) is 4.74 Å². The quantitative estimate of drug-likeness (QED) is 0.456. The van der Waals surface area contributed by atoms with Gasteiger partial charge in [0.25, 0.3) is 0 Å². The van der Waals surface area contributed by atoms with Crippen molar-refractivity contribution in [2.24, 2.45) is 35.0 Å². The van der Waals surface area contributed by atoms with Crippen LogP contribution in [0.3, 0.4) is 0 Å². The van der Waals surface area contributed by atoms with Crippen molar-refractivity contribution in [1.82, 2.24) is 0 Å². The van der Waals surface area contributed by atoms with Gasteiger partial charge in [0.05, 0.1) is 5.56 Å². The summed E-state index contributed by atoms with van der Waals surface area (Å²) in [6.45, 7) is 11.9. The first-order chi connectivity index (χ1) is 14.2. The third-order valence-corrected chi connectivity index (χ3v) is 8.27. The van der Waals surface area contributed by atoms with Gasteiger partial charge in [0.15, 0.2) is 0 Å². The summed E-state index contributed by atoms with van der Waals surface area (Å²) < 4.78 is 6.13. The standard InChI is InChI=1S/C27H42O3/c1-6-20-15-25(30-26(29)21-11-8-12-22(28)16-21)24-14-13-23(27(24,5)17-20)19(4)10-7-9-18(2)3/h8,11-12,16,18-20,23-25,28H,6-7,9-10,13-15,17H2,1-5H3/t19-,20-,23-,24+,25+,27-/m1/s1. The fourth-order valence-electron chi connectivity index (χ4n) is 6.67. The zero-order chi connectivity index (χ0) is 21.9. The van der Waals surface area contributed by atoms with Crippen molar-refractivity contribution < 1.29 is 14.6 Å². The van der Waals surface area contributed by atoms with Crippen LogP contribution in [0.4, 0.5) is 0 Å². The molecule has 30 heavy (non-hydrogen) atoms. The van der Waals surface area contributed by atoms with E-state index in [4.69, 9.17) is 4.74 Å². The molecule has 1 aromatic carbocycles. The van der Waals surface area contributed by atoms with E-state index in [9.17, 15) is 9.90 Å². The van der Waals surface area contributed by atoms with Crippen LogP contribution in [0.1, 0.15) is 96.3 Å². The topological polar surface area (TPSA) is 46.5 Å². The summed E-state index contributed by atoms with van der Waals surface area (Å²) in [5.74, 6) is 3.15. The Morgan fingerprint density at radius 1 is 1.23 bits per heavy atom. The second kappa shape index (κ2) is 9.75. The molecule has 168 valence electrons. The molecular formula is C27H42O3. The van der Waals surface area contributed by atoms with E-state index < -0.39 is 0 Å². The number of phenols is 1. The summed E-state index contributed by atoms with van der Waals surface area (Å²) in [4.78, 5) is 12.8. The number of rotatable bonds is 8. The zero-order valence-electron chi connectivity index (χ0n) is 19.7. The predicted octanol–water partition coefficient (Wildman–Crippen LogP) is 7.23. The van der Waals surface area contributed by atoms with Crippen molar-refractivity contribution in [2.75, 3.05) is 0 Å². The van der Waals surface area contributed by atoms with Gasteiger partial charge in [-0.1, -0.05) is 66.4 Å². The fourth-order valence-corrected chi connectivity index (χ4v) is 6.67. The van der Waals surface area contributed by atoms with E-state index >= 15 is 0 Å². The highest BCUT2D eigenvalue weighted by Gasteiger charge is 2.55. The van der Waals surface area contributed by atoms with Crippen LogP contribution in [0.25, 0.3) is 0 Å². The lowest BCUT2D eigenvalue weighted by molar-refractivity contribution is -0.0665. The second-order valence-electron chi connectivity index (χ2n) is 10.8.